The molecule has 0 unspecified atom stereocenters. The zero-order valence-electron chi connectivity index (χ0n) is 16.8. The van der Waals surface area contributed by atoms with Crippen LogP contribution in [0.2, 0.25) is 0 Å². The molecule has 1 aromatic carbocycles. The van der Waals surface area contributed by atoms with Crippen LogP contribution in [0.1, 0.15) is 76.0 Å². The zero-order valence-corrected chi connectivity index (χ0v) is 16.8. The highest BCUT2D eigenvalue weighted by atomic mass is 16.5. The largest absolute Gasteiger partial charge is 0.459 e. The smallest absolute Gasteiger partial charge is 0.338 e. The number of hydrogen-bond acceptors (Lipinski definition) is 5. The second-order valence-corrected chi connectivity index (χ2v) is 8.08. The Morgan fingerprint density at radius 3 is 2.57 bits per heavy atom. The van der Waals surface area contributed by atoms with Crippen LogP contribution < -0.4 is 5.32 Å². The van der Waals surface area contributed by atoms with Crippen LogP contribution in [0.4, 0.5) is 5.95 Å². The second-order valence-electron chi connectivity index (χ2n) is 8.08. The lowest BCUT2D eigenvalue weighted by Crippen LogP contribution is -2.32. The number of nitrogens with one attached hydrogen (secondary N) is 1. The van der Waals surface area contributed by atoms with Gasteiger partial charge in [0.15, 0.2) is 0 Å². The van der Waals surface area contributed by atoms with Crippen molar-refractivity contribution in [1.82, 2.24) is 14.8 Å². The maximum absolute atomic E-state index is 13.2. The molecule has 1 aliphatic carbocycles. The third-order valence-corrected chi connectivity index (χ3v) is 5.76. The van der Waals surface area contributed by atoms with Gasteiger partial charge in [-0.3, -0.25) is 0 Å². The first-order valence-corrected chi connectivity index (χ1v) is 10.2. The fourth-order valence-electron chi connectivity index (χ4n) is 4.12. The first kappa shape index (κ1) is 18.7. The predicted molar refractivity (Wildman–Crippen MR) is 108 cm³/mol. The van der Waals surface area contributed by atoms with Gasteiger partial charge in [-0.15, -0.1) is 0 Å². The van der Waals surface area contributed by atoms with Crippen molar-refractivity contribution in [2.75, 3.05) is 5.32 Å². The summed E-state index contributed by atoms with van der Waals surface area (Å²) in [5, 5.41) is 7.59. The summed E-state index contributed by atoms with van der Waals surface area (Å²) in [5.74, 6) is 0.845. The summed E-state index contributed by atoms with van der Waals surface area (Å²) in [6, 6.07) is 8.07. The Bertz CT molecular complexity index is 876. The number of hydrogen-bond donors (Lipinski definition) is 1. The van der Waals surface area contributed by atoms with E-state index < -0.39 is 0 Å². The summed E-state index contributed by atoms with van der Waals surface area (Å²) in [6.07, 6.45) is 6.91. The van der Waals surface area contributed by atoms with Crippen LogP contribution in [0.15, 0.2) is 41.9 Å². The molecule has 0 bridgehead atoms. The van der Waals surface area contributed by atoms with E-state index in [1.807, 2.05) is 6.92 Å². The number of fused-ring (bicyclic) bond motifs is 1. The number of aromatic nitrogens is 3. The van der Waals surface area contributed by atoms with Gasteiger partial charge in [0.05, 0.1) is 5.57 Å². The molecule has 0 saturated heterocycles. The number of carbonyl (C=O) groups is 1. The summed E-state index contributed by atoms with van der Waals surface area (Å²) in [6.45, 7) is 6.25. The van der Waals surface area contributed by atoms with Crippen molar-refractivity contribution in [2.24, 2.45) is 0 Å². The summed E-state index contributed by atoms with van der Waals surface area (Å²) < 4.78 is 7.68. The SMILES string of the molecule is CC1=C(C(=O)OC2CCCCC2)[C@H](c2ccc(C(C)C)cc2)n2ncnc2N1. The molecule has 6 heteroatoms. The Morgan fingerprint density at radius 1 is 1.18 bits per heavy atom. The van der Waals surface area contributed by atoms with Crippen LogP contribution in [0, 0.1) is 0 Å². The van der Waals surface area contributed by atoms with Gasteiger partial charge in [-0.2, -0.15) is 10.1 Å². The molecule has 6 nitrogen and oxygen atoms in total. The Morgan fingerprint density at radius 2 is 1.89 bits per heavy atom. The van der Waals surface area contributed by atoms with E-state index in [0.29, 0.717) is 17.4 Å². The van der Waals surface area contributed by atoms with E-state index in [4.69, 9.17) is 4.74 Å². The fraction of sp³-hybridized carbons (Fsp3) is 0.500. The molecule has 1 aromatic heterocycles. The van der Waals surface area contributed by atoms with Gasteiger partial charge in [-0.05, 0) is 49.7 Å². The maximum atomic E-state index is 13.2. The highest BCUT2D eigenvalue weighted by Crippen LogP contribution is 2.36. The molecule has 1 N–H and O–H groups in total. The van der Waals surface area contributed by atoms with Gasteiger partial charge < -0.3 is 10.1 Å². The number of esters is 1. The Kier molecular flexibility index (Phi) is 5.20. The lowest BCUT2D eigenvalue weighted by molar-refractivity contribution is -0.146. The van der Waals surface area contributed by atoms with Crippen molar-refractivity contribution in [3.8, 4) is 0 Å². The number of nitrogens with zero attached hydrogens (tertiary/aromatic N) is 3. The van der Waals surface area contributed by atoms with E-state index >= 15 is 0 Å². The van der Waals surface area contributed by atoms with Crippen molar-refractivity contribution in [2.45, 2.75) is 70.9 Å². The minimum atomic E-state index is -0.337. The summed E-state index contributed by atoms with van der Waals surface area (Å²) in [5.41, 5.74) is 3.66. The number of rotatable bonds is 4. The first-order chi connectivity index (χ1) is 13.5. The Balaban J connectivity index is 1.68. The van der Waals surface area contributed by atoms with Crippen molar-refractivity contribution in [1.29, 1.82) is 0 Å². The predicted octanol–water partition coefficient (Wildman–Crippen LogP) is 4.57. The van der Waals surface area contributed by atoms with Gasteiger partial charge >= 0.3 is 5.97 Å². The molecule has 0 amide bonds. The van der Waals surface area contributed by atoms with Gasteiger partial charge in [0, 0.05) is 5.70 Å². The summed E-state index contributed by atoms with van der Waals surface area (Å²) in [7, 11) is 0. The summed E-state index contributed by atoms with van der Waals surface area (Å²) in [4.78, 5) is 17.5. The first-order valence-electron chi connectivity index (χ1n) is 10.2. The van der Waals surface area contributed by atoms with Crippen LogP contribution in [-0.2, 0) is 9.53 Å². The minimum absolute atomic E-state index is 0.0164. The van der Waals surface area contributed by atoms with Gasteiger partial charge in [-0.25, -0.2) is 9.48 Å². The Hall–Kier alpha value is -2.63. The molecule has 2 aliphatic rings. The summed E-state index contributed by atoms with van der Waals surface area (Å²) >= 11 is 0. The minimum Gasteiger partial charge on any atom is -0.459 e. The van der Waals surface area contributed by atoms with E-state index in [9.17, 15) is 4.79 Å². The third-order valence-electron chi connectivity index (χ3n) is 5.76. The van der Waals surface area contributed by atoms with E-state index in [1.54, 1.807) is 4.68 Å². The second kappa shape index (κ2) is 7.78. The lowest BCUT2D eigenvalue weighted by Gasteiger charge is -2.30. The molecule has 2 aromatic rings. The number of carbonyl (C=O) groups excluding carboxylic acids is 1. The van der Waals surface area contributed by atoms with Gasteiger partial charge in [0.25, 0.3) is 0 Å². The molecule has 1 saturated carbocycles. The molecule has 1 atom stereocenters. The molecule has 0 radical (unpaired) electrons. The molecule has 1 aliphatic heterocycles. The van der Waals surface area contributed by atoms with Crippen LogP contribution in [-0.4, -0.2) is 26.8 Å². The number of ether oxygens (including phenoxy) is 1. The van der Waals surface area contributed by atoms with Crippen molar-refractivity contribution < 1.29 is 9.53 Å². The van der Waals surface area contributed by atoms with E-state index in [-0.39, 0.29) is 18.1 Å². The van der Waals surface area contributed by atoms with Crippen LogP contribution >= 0.6 is 0 Å². The van der Waals surface area contributed by atoms with Crippen LogP contribution in [0.5, 0.6) is 0 Å². The zero-order chi connectivity index (χ0) is 19.7. The van der Waals surface area contributed by atoms with E-state index in [1.165, 1.54) is 18.3 Å². The van der Waals surface area contributed by atoms with Gasteiger partial charge in [0.2, 0.25) is 5.95 Å². The monoisotopic (exact) mass is 380 g/mol. The number of benzene rings is 1. The number of anilines is 1. The lowest BCUT2D eigenvalue weighted by atomic mass is 9.93. The highest BCUT2D eigenvalue weighted by molar-refractivity contribution is 5.92. The molecule has 28 heavy (non-hydrogen) atoms. The molecule has 1 fully saturated rings. The van der Waals surface area contributed by atoms with Gasteiger partial charge in [0.1, 0.15) is 18.5 Å². The van der Waals surface area contributed by atoms with Crippen molar-refractivity contribution in [3.63, 3.8) is 0 Å². The van der Waals surface area contributed by atoms with E-state index in [0.717, 1.165) is 36.9 Å². The van der Waals surface area contributed by atoms with Crippen molar-refractivity contribution in [3.05, 3.63) is 53.0 Å². The van der Waals surface area contributed by atoms with E-state index in [2.05, 4.69) is 53.5 Å². The van der Waals surface area contributed by atoms with Gasteiger partial charge in [-0.1, -0.05) is 44.5 Å². The molecule has 0 spiro atoms. The number of allylic oxidation sites excluding steroid dienone is 1. The quantitative estimate of drug-likeness (QED) is 0.787. The fourth-order valence-corrected chi connectivity index (χ4v) is 4.12. The maximum Gasteiger partial charge on any atom is 0.338 e. The Labute approximate surface area is 166 Å². The highest BCUT2D eigenvalue weighted by Gasteiger charge is 2.35. The average Bonchev–Trinajstić information content (AvgIpc) is 3.15. The topological polar surface area (TPSA) is 69.0 Å². The molecule has 148 valence electrons. The standard InChI is InChI=1S/C22H28N4O2/c1-14(2)16-9-11-17(12-10-16)20-19(15(3)25-22-23-13-24-26(20)22)21(27)28-18-7-5-4-6-8-18/h9-14,18,20H,4-8H2,1-3H3,(H,23,24,25)/t20-/m0/s1. The third kappa shape index (κ3) is 3.55. The molecule has 4 rings (SSSR count). The normalized spacial score (nSPS) is 20.1. The van der Waals surface area contributed by atoms with Crippen molar-refractivity contribution >= 4 is 11.9 Å². The van der Waals surface area contributed by atoms with Crippen LogP contribution in [0.3, 0.4) is 0 Å². The molecular weight excluding hydrogens is 352 g/mol. The molecule has 2 heterocycles. The van der Waals surface area contributed by atoms with Crippen LogP contribution in [0.25, 0.3) is 0 Å². The average molecular weight is 380 g/mol. The molecular formula is C22H28N4O2.